The highest BCUT2D eigenvalue weighted by atomic mass is 19.1. The van der Waals surface area contributed by atoms with Gasteiger partial charge in [0.1, 0.15) is 29.8 Å². The molecular weight excluding hydrogens is 671 g/mol. The first-order valence-corrected chi connectivity index (χ1v) is 17.2. The molecule has 1 aromatic heterocycles. The van der Waals surface area contributed by atoms with E-state index in [0.717, 1.165) is 58.0 Å². The predicted octanol–water partition coefficient (Wildman–Crippen LogP) is 10.5. The van der Waals surface area contributed by atoms with Crippen molar-refractivity contribution in [3.63, 3.8) is 0 Å². The summed E-state index contributed by atoms with van der Waals surface area (Å²) < 4.78 is 42.9. The number of rotatable bonds is 13. The molecule has 4 aromatic rings. The van der Waals surface area contributed by atoms with E-state index in [2.05, 4.69) is 28.5 Å². The van der Waals surface area contributed by atoms with E-state index in [4.69, 9.17) is 19.2 Å². The van der Waals surface area contributed by atoms with Crippen LogP contribution in [0.25, 0.3) is 11.4 Å². The molecule has 0 amide bonds. The van der Waals surface area contributed by atoms with Crippen molar-refractivity contribution >= 4 is 23.8 Å². The summed E-state index contributed by atoms with van der Waals surface area (Å²) in [5, 5.41) is 3.67. The molecule has 0 spiro atoms. The van der Waals surface area contributed by atoms with Crippen LogP contribution in [0.4, 0.5) is 8.78 Å². The molecule has 1 atom stereocenters. The average molecular weight is 719 g/mol. The molecule has 9 heteroatoms. The first kappa shape index (κ1) is 41.5. The van der Waals surface area contributed by atoms with Crippen molar-refractivity contribution in [1.29, 1.82) is 0 Å². The quantitative estimate of drug-likeness (QED) is 0.110. The number of halogens is 2. The molecule has 0 unspecified atom stereocenters. The van der Waals surface area contributed by atoms with Crippen LogP contribution >= 0.6 is 0 Å². The number of pyridine rings is 1. The molecule has 53 heavy (non-hydrogen) atoms. The summed E-state index contributed by atoms with van der Waals surface area (Å²) in [7, 11) is 1.66. The Morgan fingerprint density at radius 3 is 2.30 bits per heavy atom. The summed E-state index contributed by atoms with van der Waals surface area (Å²) in [6.45, 7) is 11.6. The number of methoxy groups -OCH3 is 1. The van der Waals surface area contributed by atoms with Crippen molar-refractivity contribution in [3.05, 3.63) is 175 Å². The van der Waals surface area contributed by atoms with Gasteiger partial charge in [-0.1, -0.05) is 55.7 Å². The zero-order chi connectivity index (χ0) is 38.1. The van der Waals surface area contributed by atoms with Gasteiger partial charge in [-0.05, 0) is 105 Å². The second-order valence-corrected chi connectivity index (χ2v) is 11.4. The summed E-state index contributed by atoms with van der Waals surface area (Å²) in [6, 6.07) is 26.2. The normalized spacial score (nSPS) is 15.6. The third-order valence-electron chi connectivity index (χ3n) is 7.49. The molecule has 1 aliphatic rings. The maximum atomic E-state index is 13.6. The van der Waals surface area contributed by atoms with Crippen molar-refractivity contribution in [3.8, 4) is 11.5 Å². The Kier molecular flexibility index (Phi) is 19.0. The molecule has 7 nitrogen and oxygen atoms in total. The highest BCUT2D eigenvalue weighted by Crippen LogP contribution is 2.28. The number of benzene rings is 3. The minimum Gasteiger partial charge on any atom is -0.497 e. The lowest BCUT2D eigenvalue weighted by Crippen LogP contribution is -2.33. The van der Waals surface area contributed by atoms with Gasteiger partial charge in [-0.25, -0.2) is 8.78 Å². The smallest absolute Gasteiger partial charge is 0.123 e. The number of hydrogen-bond acceptors (Lipinski definition) is 7. The highest BCUT2D eigenvalue weighted by molar-refractivity contribution is 5.92. The monoisotopic (exact) mass is 718 g/mol. The number of aliphatic imine (C=N–C) groups is 2. The number of aromatic nitrogens is 1. The number of nitrogens with zero attached hydrogens (tertiary/aromatic N) is 3. The first-order valence-electron chi connectivity index (χ1n) is 17.2. The van der Waals surface area contributed by atoms with Crippen LogP contribution in [-0.2, 0) is 18.0 Å². The topological polar surface area (TPSA) is 77.3 Å². The minimum atomic E-state index is -0.279. The fourth-order valence-electron chi connectivity index (χ4n) is 4.84. The van der Waals surface area contributed by atoms with E-state index in [-0.39, 0.29) is 17.7 Å². The number of hydrogen-bond donors (Lipinski definition) is 1. The van der Waals surface area contributed by atoms with Crippen LogP contribution in [0.2, 0.25) is 0 Å². The molecule has 0 radical (unpaired) electrons. The maximum absolute atomic E-state index is 13.6. The Labute approximate surface area is 312 Å². The number of nitrogens with one attached hydrogen (secondary N) is 1. The molecule has 5 rings (SSSR count). The fourth-order valence-corrected chi connectivity index (χ4v) is 4.84. The fraction of sp³-hybridized carbons (Fsp3) is 0.205. The Morgan fingerprint density at radius 2 is 1.68 bits per heavy atom. The van der Waals surface area contributed by atoms with E-state index in [0.29, 0.717) is 19.8 Å². The summed E-state index contributed by atoms with van der Waals surface area (Å²) in [5.41, 5.74) is 5.53. The van der Waals surface area contributed by atoms with Gasteiger partial charge >= 0.3 is 0 Å². The van der Waals surface area contributed by atoms with Gasteiger partial charge in [0.15, 0.2) is 0 Å². The van der Waals surface area contributed by atoms with E-state index < -0.39 is 0 Å². The lowest BCUT2D eigenvalue weighted by atomic mass is 10.0. The zero-order valence-corrected chi connectivity index (χ0v) is 30.6. The maximum Gasteiger partial charge on any atom is 0.123 e. The van der Waals surface area contributed by atoms with Crippen molar-refractivity contribution in [2.45, 2.75) is 45.9 Å². The summed E-state index contributed by atoms with van der Waals surface area (Å²) in [6.07, 6.45) is 16.2. The van der Waals surface area contributed by atoms with Crippen LogP contribution in [0.3, 0.4) is 0 Å². The van der Waals surface area contributed by atoms with Gasteiger partial charge in [0.05, 0.1) is 31.7 Å². The molecule has 0 bridgehead atoms. The van der Waals surface area contributed by atoms with E-state index in [1.807, 2.05) is 66.9 Å². The van der Waals surface area contributed by atoms with Crippen LogP contribution in [0.5, 0.6) is 11.5 Å². The van der Waals surface area contributed by atoms with Crippen LogP contribution in [0.15, 0.2) is 157 Å². The van der Waals surface area contributed by atoms with Gasteiger partial charge in [-0.15, -0.1) is 0 Å². The Morgan fingerprint density at radius 1 is 0.925 bits per heavy atom. The molecule has 3 aromatic carbocycles. The highest BCUT2D eigenvalue weighted by Gasteiger charge is 2.18. The van der Waals surface area contributed by atoms with Crippen molar-refractivity contribution in [2.24, 2.45) is 9.98 Å². The molecule has 1 aliphatic heterocycles. The van der Waals surface area contributed by atoms with Crippen molar-refractivity contribution in [1.82, 2.24) is 10.3 Å². The Balaban J connectivity index is 0.000000498. The Bertz CT molecular complexity index is 1820. The third-order valence-corrected chi connectivity index (χ3v) is 7.49. The standard InChI is InChI=1S/C33H32FN3O3.C6H9F.C5H7N/c1-38-30-13-7-24(8-14-30)22-40-31-6-2-4-25(20-31)21-39-23-29-5-3-17-36-32(26-9-11-28(34)12-10-26)33(37-29)27-15-18-35-19-16-27;1-3-5-6(7)4-2;1-3-5-6-4-2/h2,4,6-20,29,37H,3,5,21-23H2,1H3;3-5H,1-2H3;3-5H,1-2H2/b33-32-,36-17?;5-3-,6-4+;/t29-;;/m0../s1. The molecule has 0 saturated carbocycles. The molecule has 0 aliphatic carbocycles. The molecule has 0 fully saturated rings. The molecule has 276 valence electrons. The van der Waals surface area contributed by atoms with Crippen molar-refractivity contribution < 1.29 is 23.0 Å². The second kappa shape index (κ2) is 24.3. The van der Waals surface area contributed by atoms with E-state index in [1.165, 1.54) is 30.5 Å². The van der Waals surface area contributed by atoms with E-state index in [9.17, 15) is 8.78 Å². The lowest BCUT2D eigenvalue weighted by molar-refractivity contribution is 0.101. The first-order chi connectivity index (χ1) is 25.9. The van der Waals surface area contributed by atoms with Crippen LogP contribution in [-0.4, -0.2) is 37.2 Å². The summed E-state index contributed by atoms with van der Waals surface area (Å²) >= 11 is 0. The molecular formula is C44H48F2N4O3. The van der Waals surface area contributed by atoms with Gasteiger partial charge in [0.2, 0.25) is 0 Å². The van der Waals surface area contributed by atoms with Gasteiger partial charge in [0.25, 0.3) is 0 Å². The zero-order valence-electron chi connectivity index (χ0n) is 30.6. The van der Waals surface area contributed by atoms with Gasteiger partial charge < -0.3 is 19.5 Å². The van der Waals surface area contributed by atoms with E-state index in [1.54, 1.807) is 63.9 Å². The minimum absolute atomic E-state index is 0.0554. The van der Waals surface area contributed by atoms with E-state index >= 15 is 0 Å². The largest absolute Gasteiger partial charge is 0.497 e. The van der Waals surface area contributed by atoms with Crippen LogP contribution < -0.4 is 14.8 Å². The predicted molar refractivity (Wildman–Crippen MR) is 214 cm³/mol. The third kappa shape index (κ3) is 15.5. The number of ether oxygens (including phenoxy) is 3. The lowest BCUT2D eigenvalue weighted by Gasteiger charge is -2.25. The molecule has 0 saturated heterocycles. The van der Waals surface area contributed by atoms with Crippen molar-refractivity contribution in [2.75, 3.05) is 13.7 Å². The van der Waals surface area contributed by atoms with Gasteiger partial charge in [-0.2, -0.15) is 0 Å². The molecule has 1 N–H and O–H groups in total. The average Bonchev–Trinajstić information content (AvgIpc) is 3.19. The van der Waals surface area contributed by atoms with Gasteiger partial charge in [0, 0.05) is 48.2 Å². The second-order valence-electron chi connectivity index (χ2n) is 11.4. The van der Waals surface area contributed by atoms with Gasteiger partial charge in [-0.3, -0.25) is 15.0 Å². The SMILES string of the molecule is C/C=C\C(F)=C/C.C=CC=NC=C.COc1ccc(COc2cccc(COC[C@@H]3CCC=N/C(c4ccc(F)cc4)=C(/c4ccncc4)N3)c2)cc1. The summed E-state index contributed by atoms with van der Waals surface area (Å²) in [4.78, 5) is 12.5. The Hall–Kier alpha value is -5.93. The summed E-state index contributed by atoms with van der Waals surface area (Å²) in [5.74, 6) is 1.16. The molecule has 2 heterocycles. The van der Waals surface area contributed by atoms with Crippen LogP contribution in [0.1, 0.15) is 48.9 Å². The number of allylic oxidation sites excluding steroid dienone is 5. The van der Waals surface area contributed by atoms with Crippen LogP contribution in [0, 0.1) is 5.82 Å².